The van der Waals surface area contributed by atoms with Gasteiger partial charge in [0.05, 0.1) is 0 Å². The van der Waals surface area contributed by atoms with E-state index in [2.05, 4.69) is 62.4 Å². The molecular formula is C32H50O3Si. The molecule has 3 aromatic rings. The molecule has 0 aromatic heterocycles. The van der Waals surface area contributed by atoms with Gasteiger partial charge in [0.15, 0.2) is 0 Å². The van der Waals surface area contributed by atoms with Crippen LogP contribution in [0.25, 0.3) is 21.5 Å². The summed E-state index contributed by atoms with van der Waals surface area (Å²) in [5.41, 5.74) is 3.17. The highest BCUT2D eigenvalue weighted by molar-refractivity contribution is 6.36. The van der Waals surface area contributed by atoms with Crippen molar-refractivity contribution >= 4 is 31.1 Å². The third-order valence-electron chi connectivity index (χ3n) is 6.62. The summed E-state index contributed by atoms with van der Waals surface area (Å²) in [6.45, 7) is 12.4. The van der Waals surface area contributed by atoms with Gasteiger partial charge in [-0.3, -0.25) is 0 Å². The molecule has 0 spiro atoms. The first kappa shape index (κ1) is 30.5. The first-order valence-electron chi connectivity index (χ1n) is 14.5. The first-order chi connectivity index (χ1) is 17.7. The Morgan fingerprint density at radius 2 is 1.17 bits per heavy atom. The molecule has 0 fully saturated rings. The van der Waals surface area contributed by atoms with Crippen LogP contribution in [0.1, 0.15) is 97.1 Å². The van der Waals surface area contributed by atoms with Crippen LogP contribution in [0, 0.1) is 0 Å². The monoisotopic (exact) mass is 510 g/mol. The van der Waals surface area contributed by atoms with Crippen molar-refractivity contribution < 1.29 is 13.3 Å². The lowest BCUT2D eigenvalue weighted by Gasteiger charge is -2.18. The average molecular weight is 511 g/mol. The molecule has 0 saturated heterocycles. The summed E-state index contributed by atoms with van der Waals surface area (Å²) in [4.78, 5) is 0. The quantitative estimate of drug-likeness (QED) is 0.146. The van der Waals surface area contributed by atoms with Gasteiger partial charge in [-0.15, -0.1) is 0 Å². The summed E-state index contributed by atoms with van der Waals surface area (Å²) in [6, 6.07) is 18.0. The van der Waals surface area contributed by atoms with Gasteiger partial charge in [-0.25, -0.2) is 0 Å². The van der Waals surface area contributed by atoms with Gasteiger partial charge < -0.3 is 13.3 Å². The van der Waals surface area contributed by atoms with Crippen LogP contribution in [0.3, 0.4) is 0 Å². The number of rotatable bonds is 11. The van der Waals surface area contributed by atoms with Gasteiger partial charge in [-0.05, 0) is 79.1 Å². The van der Waals surface area contributed by atoms with E-state index in [0.717, 1.165) is 0 Å². The Labute approximate surface area is 222 Å². The third kappa shape index (κ3) is 9.97. The number of unbranched alkanes of at least 4 members (excludes halogenated alkanes) is 5. The van der Waals surface area contributed by atoms with Crippen molar-refractivity contribution in [2.45, 2.75) is 98.8 Å². The fourth-order valence-electron chi connectivity index (χ4n) is 4.75. The first-order valence-corrected chi connectivity index (χ1v) is 15.9. The predicted molar refractivity (Wildman–Crippen MR) is 159 cm³/mol. The van der Waals surface area contributed by atoms with Crippen molar-refractivity contribution in [3.63, 3.8) is 0 Å². The van der Waals surface area contributed by atoms with Gasteiger partial charge in [-0.2, -0.15) is 0 Å². The lowest BCUT2D eigenvalue weighted by Crippen LogP contribution is -2.27. The standard InChI is InChI=1S/C18H16.C8H18.C6H16O3Si/c1-3-7-15-13(5-1)9-11-18-16-8-4-2-6-14(16)10-12-17(15)18;1-3-5-7-8-6-4-2;1-4-7-10(8-5-2)9-6-3/h1,3,5,7,9-12H,2,4,6,8H2;3-8H2,1-2H3;10H,4-6H2,1-3H3. The molecule has 0 unspecified atom stereocenters. The molecule has 0 bridgehead atoms. The van der Waals surface area contributed by atoms with E-state index in [-0.39, 0.29) is 0 Å². The van der Waals surface area contributed by atoms with E-state index < -0.39 is 9.53 Å². The van der Waals surface area contributed by atoms with Crippen molar-refractivity contribution in [2.75, 3.05) is 19.8 Å². The molecule has 200 valence electrons. The zero-order valence-electron chi connectivity index (χ0n) is 23.6. The molecule has 1 aliphatic rings. The molecule has 1 aliphatic carbocycles. The van der Waals surface area contributed by atoms with Crippen LogP contribution in [-0.2, 0) is 26.1 Å². The second kappa shape index (κ2) is 18.5. The number of hydrogen-bond donors (Lipinski definition) is 0. The Morgan fingerprint density at radius 1 is 0.583 bits per heavy atom. The van der Waals surface area contributed by atoms with Crippen LogP contribution in [0.4, 0.5) is 0 Å². The van der Waals surface area contributed by atoms with Crippen LogP contribution in [0.15, 0.2) is 48.5 Å². The summed E-state index contributed by atoms with van der Waals surface area (Å²) >= 11 is 0. The number of aryl methyl sites for hydroxylation is 2. The summed E-state index contributed by atoms with van der Waals surface area (Å²) in [7, 11) is -1.73. The molecule has 4 heteroatoms. The molecule has 0 aliphatic heterocycles. The second-order valence-electron chi connectivity index (χ2n) is 9.36. The Hall–Kier alpha value is -1.72. The van der Waals surface area contributed by atoms with E-state index in [9.17, 15) is 0 Å². The maximum absolute atomic E-state index is 5.22. The summed E-state index contributed by atoms with van der Waals surface area (Å²) < 4.78 is 15.7. The minimum Gasteiger partial charge on any atom is -0.376 e. The van der Waals surface area contributed by atoms with Gasteiger partial charge in [-0.1, -0.05) is 101 Å². The molecule has 0 saturated carbocycles. The highest BCUT2D eigenvalue weighted by Crippen LogP contribution is 2.33. The lowest BCUT2D eigenvalue weighted by atomic mass is 9.86. The van der Waals surface area contributed by atoms with E-state index >= 15 is 0 Å². The topological polar surface area (TPSA) is 27.7 Å². The number of benzene rings is 3. The molecule has 0 N–H and O–H groups in total. The van der Waals surface area contributed by atoms with Gasteiger partial charge in [0.25, 0.3) is 0 Å². The third-order valence-corrected chi connectivity index (χ3v) is 8.44. The van der Waals surface area contributed by atoms with Crippen LogP contribution in [0.2, 0.25) is 0 Å². The lowest BCUT2D eigenvalue weighted by molar-refractivity contribution is 0.107. The maximum atomic E-state index is 5.22. The van der Waals surface area contributed by atoms with E-state index in [1.165, 1.54) is 85.8 Å². The number of fused-ring (bicyclic) bond motifs is 5. The summed E-state index contributed by atoms with van der Waals surface area (Å²) in [6.07, 6.45) is 13.7. The Balaban J connectivity index is 0.000000217. The van der Waals surface area contributed by atoms with Gasteiger partial charge in [0.2, 0.25) is 0 Å². The van der Waals surface area contributed by atoms with Crippen molar-refractivity contribution in [3.8, 4) is 0 Å². The van der Waals surface area contributed by atoms with E-state index in [4.69, 9.17) is 13.3 Å². The van der Waals surface area contributed by atoms with Crippen LogP contribution < -0.4 is 0 Å². The molecule has 0 radical (unpaired) electrons. The van der Waals surface area contributed by atoms with Crippen molar-refractivity contribution in [1.82, 2.24) is 0 Å². The largest absolute Gasteiger partial charge is 0.484 e. The molecule has 0 amide bonds. The molecular weight excluding hydrogens is 460 g/mol. The van der Waals surface area contributed by atoms with E-state index in [1.807, 2.05) is 20.8 Å². The molecule has 36 heavy (non-hydrogen) atoms. The maximum Gasteiger partial charge on any atom is 0.484 e. The Bertz CT molecular complexity index is 967. The minimum atomic E-state index is -1.73. The Kier molecular flexibility index (Phi) is 15.7. The highest BCUT2D eigenvalue weighted by Gasteiger charge is 2.13. The van der Waals surface area contributed by atoms with Gasteiger partial charge in [0, 0.05) is 19.8 Å². The molecule has 0 heterocycles. The predicted octanol–water partition coefficient (Wildman–Crippen LogP) is 9.05. The zero-order chi connectivity index (χ0) is 26.0. The molecule has 3 aromatic carbocycles. The summed E-state index contributed by atoms with van der Waals surface area (Å²) in [5, 5.41) is 5.64. The van der Waals surface area contributed by atoms with E-state index in [1.54, 1.807) is 11.1 Å². The fourth-order valence-corrected chi connectivity index (χ4v) is 5.85. The average Bonchev–Trinajstić information content (AvgIpc) is 2.92. The fraction of sp³-hybridized carbons (Fsp3) is 0.562. The SMILES string of the molecule is CCCCCCCC.CCO[SiH](OCC)OCC.c1ccc2c(c1)ccc1c3c(ccc12)CCCC3. The zero-order valence-corrected chi connectivity index (χ0v) is 24.8. The smallest absolute Gasteiger partial charge is 0.376 e. The normalized spacial score (nSPS) is 12.6. The number of hydrogen-bond acceptors (Lipinski definition) is 3. The summed E-state index contributed by atoms with van der Waals surface area (Å²) in [5.74, 6) is 0. The Morgan fingerprint density at radius 3 is 1.78 bits per heavy atom. The van der Waals surface area contributed by atoms with Crippen LogP contribution in [0.5, 0.6) is 0 Å². The molecule has 4 rings (SSSR count). The highest BCUT2D eigenvalue weighted by atomic mass is 28.3. The van der Waals surface area contributed by atoms with Gasteiger partial charge >= 0.3 is 9.53 Å². The van der Waals surface area contributed by atoms with Crippen LogP contribution >= 0.6 is 0 Å². The van der Waals surface area contributed by atoms with E-state index in [0.29, 0.717) is 19.8 Å². The van der Waals surface area contributed by atoms with Crippen molar-refractivity contribution in [2.24, 2.45) is 0 Å². The minimum absolute atomic E-state index is 0.677. The second-order valence-corrected chi connectivity index (χ2v) is 10.9. The molecule has 0 atom stereocenters. The van der Waals surface area contributed by atoms with Crippen molar-refractivity contribution in [3.05, 3.63) is 59.7 Å². The molecule has 3 nitrogen and oxygen atoms in total. The van der Waals surface area contributed by atoms with Gasteiger partial charge in [0.1, 0.15) is 0 Å². The van der Waals surface area contributed by atoms with Crippen LogP contribution in [-0.4, -0.2) is 29.3 Å². The van der Waals surface area contributed by atoms with Crippen molar-refractivity contribution in [1.29, 1.82) is 0 Å².